The van der Waals surface area contributed by atoms with Crippen molar-refractivity contribution >= 4 is 6.09 Å². The molecule has 1 fully saturated rings. The topological polar surface area (TPSA) is 38.3 Å². The van der Waals surface area contributed by atoms with Gasteiger partial charge in [0, 0.05) is 6.04 Å². The molecular formula is C19H41NO2. The van der Waals surface area contributed by atoms with E-state index in [-0.39, 0.29) is 12.1 Å². The van der Waals surface area contributed by atoms with Crippen molar-refractivity contribution in [2.24, 2.45) is 11.8 Å². The third kappa shape index (κ3) is 15.7. The summed E-state index contributed by atoms with van der Waals surface area (Å²) < 4.78 is 5.25. The molecule has 1 unspecified atom stereocenters. The lowest BCUT2D eigenvalue weighted by atomic mass is 9.85. The summed E-state index contributed by atoms with van der Waals surface area (Å²) in [5, 5.41) is 2.94. The second-order valence-corrected chi connectivity index (χ2v) is 7.57. The Morgan fingerprint density at radius 3 is 1.77 bits per heavy atom. The highest BCUT2D eigenvalue weighted by Gasteiger charge is 2.23. The molecule has 0 aromatic carbocycles. The highest BCUT2D eigenvalue weighted by molar-refractivity contribution is 5.68. The predicted octanol–water partition coefficient (Wildman–Crippen LogP) is 6.17. The minimum Gasteiger partial charge on any atom is -0.444 e. The SMILES string of the molecule is CC.CC(C)C.CC(NC(=O)OC(C)(C)C)C1CCCCC1. The van der Waals surface area contributed by atoms with Gasteiger partial charge in [-0.3, -0.25) is 0 Å². The number of amides is 1. The standard InChI is InChI=1S/C13H25NO2.C4H10.C2H6/c1-10(11-8-6-5-7-9-11)14-12(15)16-13(2,3)4;1-4(2)3;1-2/h10-11H,5-9H2,1-4H3,(H,14,15);4H,1-3H3;1-2H3. The zero-order valence-corrected chi connectivity index (χ0v) is 16.6. The van der Waals surface area contributed by atoms with Crippen molar-refractivity contribution in [3.05, 3.63) is 0 Å². The average Bonchev–Trinajstić information content (AvgIpc) is 2.39. The summed E-state index contributed by atoms with van der Waals surface area (Å²) in [5.74, 6) is 1.46. The molecule has 22 heavy (non-hydrogen) atoms. The number of carbonyl (C=O) groups is 1. The Morgan fingerprint density at radius 1 is 1.00 bits per heavy atom. The fraction of sp³-hybridized carbons (Fsp3) is 0.947. The molecule has 0 spiro atoms. The second-order valence-electron chi connectivity index (χ2n) is 7.57. The molecule has 1 rings (SSSR count). The summed E-state index contributed by atoms with van der Waals surface area (Å²) in [6.07, 6.45) is 6.12. The van der Waals surface area contributed by atoms with Crippen molar-refractivity contribution in [3.63, 3.8) is 0 Å². The minimum absolute atomic E-state index is 0.232. The van der Waals surface area contributed by atoms with Crippen LogP contribution in [0.2, 0.25) is 0 Å². The Balaban J connectivity index is 0. The van der Waals surface area contributed by atoms with Gasteiger partial charge >= 0.3 is 6.09 Å². The van der Waals surface area contributed by atoms with Crippen LogP contribution in [0.3, 0.4) is 0 Å². The van der Waals surface area contributed by atoms with Crippen LogP contribution in [0.4, 0.5) is 4.79 Å². The molecule has 134 valence electrons. The number of rotatable bonds is 2. The van der Waals surface area contributed by atoms with Gasteiger partial charge in [-0.05, 0) is 52.4 Å². The number of ether oxygens (including phenoxy) is 1. The van der Waals surface area contributed by atoms with Crippen molar-refractivity contribution in [2.45, 2.75) is 106 Å². The van der Waals surface area contributed by atoms with Crippen molar-refractivity contribution in [3.8, 4) is 0 Å². The summed E-state index contributed by atoms with van der Waals surface area (Å²) in [6, 6.07) is 0.232. The lowest BCUT2D eigenvalue weighted by Gasteiger charge is -2.29. The maximum Gasteiger partial charge on any atom is 0.407 e. The third-order valence-corrected chi connectivity index (χ3v) is 3.10. The van der Waals surface area contributed by atoms with Crippen LogP contribution in [0, 0.1) is 11.8 Å². The fourth-order valence-corrected chi connectivity index (χ4v) is 2.25. The number of carbonyl (C=O) groups excluding carboxylic acids is 1. The third-order valence-electron chi connectivity index (χ3n) is 3.10. The van der Waals surface area contributed by atoms with Crippen LogP contribution in [0.5, 0.6) is 0 Å². The molecule has 1 saturated carbocycles. The first kappa shape index (κ1) is 23.5. The summed E-state index contributed by atoms with van der Waals surface area (Å²) in [6.45, 7) is 18.2. The van der Waals surface area contributed by atoms with E-state index in [9.17, 15) is 4.79 Å². The molecule has 0 aromatic heterocycles. The molecule has 0 radical (unpaired) electrons. The quantitative estimate of drug-likeness (QED) is 0.662. The molecular weight excluding hydrogens is 274 g/mol. The van der Waals surface area contributed by atoms with Crippen molar-refractivity contribution in [1.82, 2.24) is 5.32 Å². The zero-order valence-electron chi connectivity index (χ0n) is 16.6. The van der Waals surface area contributed by atoms with E-state index < -0.39 is 5.60 Å². The second kappa shape index (κ2) is 12.8. The Bertz CT molecular complexity index is 260. The van der Waals surface area contributed by atoms with Gasteiger partial charge in [-0.25, -0.2) is 4.79 Å². The van der Waals surface area contributed by atoms with E-state index in [0.29, 0.717) is 5.92 Å². The van der Waals surface area contributed by atoms with E-state index in [1.54, 1.807) is 0 Å². The van der Waals surface area contributed by atoms with E-state index >= 15 is 0 Å². The van der Waals surface area contributed by atoms with E-state index in [1.165, 1.54) is 32.1 Å². The molecule has 0 heterocycles. The average molecular weight is 316 g/mol. The maximum atomic E-state index is 11.6. The van der Waals surface area contributed by atoms with Gasteiger partial charge in [0.25, 0.3) is 0 Å². The van der Waals surface area contributed by atoms with E-state index in [4.69, 9.17) is 4.74 Å². The van der Waals surface area contributed by atoms with Crippen LogP contribution in [-0.4, -0.2) is 17.7 Å². The summed E-state index contributed by atoms with van der Waals surface area (Å²) in [7, 11) is 0. The minimum atomic E-state index is -0.406. The highest BCUT2D eigenvalue weighted by Crippen LogP contribution is 2.26. The number of hydrogen-bond donors (Lipinski definition) is 1. The molecule has 1 amide bonds. The Labute approximate surface area is 139 Å². The van der Waals surface area contributed by atoms with Gasteiger partial charge in [0.2, 0.25) is 0 Å². The molecule has 0 bridgehead atoms. The molecule has 3 heteroatoms. The fourth-order valence-electron chi connectivity index (χ4n) is 2.25. The van der Waals surface area contributed by atoms with Gasteiger partial charge in [-0.1, -0.05) is 53.9 Å². The molecule has 1 atom stereocenters. The molecule has 0 aromatic rings. The normalized spacial score (nSPS) is 16.6. The number of alkyl carbamates (subject to hydrolysis) is 1. The van der Waals surface area contributed by atoms with Gasteiger partial charge < -0.3 is 10.1 Å². The number of nitrogens with one attached hydrogen (secondary N) is 1. The molecule has 0 aliphatic heterocycles. The largest absolute Gasteiger partial charge is 0.444 e. The zero-order chi connectivity index (χ0) is 17.8. The summed E-state index contributed by atoms with van der Waals surface area (Å²) in [5.41, 5.74) is -0.406. The van der Waals surface area contributed by atoms with Gasteiger partial charge in [-0.15, -0.1) is 0 Å². The summed E-state index contributed by atoms with van der Waals surface area (Å²) in [4.78, 5) is 11.6. The van der Waals surface area contributed by atoms with Crippen LogP contribution in [0.15, 0.2) is 0 Å². The highest BCUT2D eigenvalue weighted by atomic mass is 16.6. The van der Waals surface area contributed by atoms with Crippen LogP contribution in [0.25, 0.3) is 0 Å². The molecule has 1 aliphatic rings. The predicted molar refractivity (Wildman–Crippen MR) is 97.3 cm³/mol. The molecule has 3 nitrogen and oxygen atoms in total. The van der Waals surface area contributed by atoms with E-state index in [1.807, 2.05) is 34.6 Å². The van der Waals surface area contributed by atoms with E-state index in [0.717, 1.165) is 5.92 Å². The summed E-state index contributed by atoms with van der Waals surface area (Å²) >= 11 is 0. The Hall–Kier alpha value is -0.730. The van der Waals surface area contributed by atoms with Gasteiger partial charge in [-0.2, -0.15) is 0 Å². The Morgan fingerprint density at radius 2 is 1.41 bits per heavy atom. The van der Waals surface area contributed by atoms with Crippen molar-refractivity contribution in [1.29, 1.82) is 0 Å². The van der Waals surface area contributed by atoms with E-state index in [2.05, 4.69) is 33.0 Å². The first-order valence-corrected chi connectivity index (χ1v) is 9.11. The van der Waals surface area contributed by atoms with Gasteiger partial charge in [0.1, 0.15) is 5.60 Å². The van der Waals surface area contributed by atoms with Crippen LogP contribution in [0.1, 0.15) is 94.4 Å². The smallest absolute Gasteiger partial charge is 0.407 e. The molecule has 0 saturated heterocycles. The lowest BCUT2D eigenvalue weighted by Crippen LogP contribution is -2.41. The van der Waals surface area contributed by atoms with Gasteiger partial charge in [0.15, 0.2) is 0 Å². The first-order chi connectivity index (χ1) is 10.1. The van der Waals surface area contributed by atoms with Crippen LogP contribution < -0.4 is 5.32 Å². The van der Waals surface area contributed by atoms with Crippen LogP contribution in [-0.2, 0) is 4.74 Å². The monoisotopic (exact) mass is 315 g/mol. The van der Waals surface area contributed by atoms with Crippen LogP contribution >= 0.6 is 0 Å². The lowest BCUT2D eigenvalue weighted by molar-refractivity contribution is 0.0484. The van der Waals surface area contributed by atoms with Gasteiger partial charge in [0.05, 0.1) is 0 Å². The molecule has 1 N–H and O–H groups in total. The molecule has 1 aliphatic carbocycles. The van der Waals surface area contributed by atoms with Crippen molar-refractivity contribution < 1.29 is 9.53 Å². The van der Waals surface area contributed by atoms with Crippen molar-refractivity contribution in [2.75, 3.05) is 0 Å². The number of hydrogen-bond acceptors (Lipinski definition) is 2. The maximum absolute atomic E-state index is 11.6. The Kier molecular flexibility index (Phi) is 13.7. The first-order valence-electron chi connectivity index (χ1n) is 9.11.